The molecule has 0 saturated heterocycles. The highest BCUT2D eigenvalue weighted by molar-refractivity contribution is 7.85. The molecule has 0 fully saturated rings. The van der Waals surface area contributed by atoms with Crippen LogP contribution in [0.15, 0.2) is 24.3 Å². The molecule has 0 saturated carbocycles. The number of hydrogen-bond donors (Lipinski definition) is 3. The number of carboxylic acids is 1. The number of para-hydroxylation sites is 1. The average molecular weight is 359 g/mol. The molecule has 1 aromatic rings. The fourth-order valence-corrected chi connectivity index (χ4v) is 2.40. The number of ether oxygens (including phenoxy) is 1. The van der Waals surface area contributed by atoms with Gasteiger partial charge in [0, 0.05) is 0 Å². The van der Waals surface area contributed by atoms with E-state index in [2.05, 4.69) is 5.32 Å². The first-order valence-corrected chi connectivity index (χ1v) is 9.06. The summed E-state index contributed by atoms with van der Waals surface area (Å²) in [5.74, 6) is -2.53. The van der Waals surface area contributed by atoms with Gasteiger partial charge in [-0.05, 0) is 25.0 Å². The Labute approximate surface area is 140 Å². The maximum atomic E-state index is 12.3. The van der Waals surface area contributed by atoms with Crippen LogP contribution in [0.2, 0.25) is 0 Å². The summed E-state index contributed by atoms with van der Waals surface area (Å²) in [5, 5.41) is 11.3. The average Bonchev–Trinajstić information content (AvgIpc) is 2.50. The predicted octanol–water partition coefficient (Wildman–Crippen LogP) is 1.33. The van der Waals surface area contributed by atoms with Crippen LogP contribution in [-0.2, 0) is 14.9 Å². The third-order valence-electron chi connectivity index (χ3n) is 3.16. The third-order valence-corrected chi connectivity index (χ3v) is 3.91. The molecule has 24 heavy (non-hydrogen) atoms. The second-order valence-corrected chi connectivity index (χ2v) is 6.71. The number of unbranched alkanes of at least 4 members (excludes halogenated alkanes) is 1. The summed E-state index contributed by atoms with van der Waals surface area (Å²) in [6, 6.07) is 4.93. The second-order valence-electron chi connectivity index (χ2n) is 5.14. The Morgan fingerprint density at radius 1 is 1.29 bits per heavy atom. The lowest BCUT2D eigenvalue weighted by atomic mass is 10.1. The van der Waals surface area contributed by atoms with Crippen molar-refractivity contribution in [2.45, 2.75) is 32.2 Å². The van der Waals surface area contributed by atoms with Gasteiger partial charge in [-0.1, -0.05) is 25.5 Å². The monoisotopic (exact) mass is 359 g/mol. The van der Waals surface area contributed by atoms with Gasteiger partial charge >= 0.3 is 5.97 Å². The van der Waals surface area contributed by atoms with Gasteiger partial charge < -0.3 is 15.2 Å². The number of benzene rings is 1. The number of hydrogen-bond acceptors (Lipinski definition) is 5. The Morgan fingerprint density at radius 2 is 1.96 bits per heavy atom. The minimum atomic E-state index is -4.32. The van der Waals surface area contributed by atoms with Crippen LogP contribution in [0.1, 0.15) is 36.5 Å². The first-order valence-electron chi connectivity index (χ1n) is 7.45. The van der Waals surface area contributed by atoms with Crippen LogP contribution in [-0.4, -0.2) is 48.4 Å². The van der Waals surface area contributed by atoms with Gasteiger partial charge in [0.1, 0.15) is 11.8 Å². The third kappa shape index (κ3) is 6.97. The van der Waals surface area contributed by atoms with Crippen molar-refractivity contribution in [3.05, 3.63) is 29.8 Å². The molecule has 1 amide bonds. The fraction of sp³-hybridized carbons (Fsp3) is 0.467. The van der Waals surface area contributed by atoms with E-state index in [0.717, 1.165) is 12.8 Å². The molecule has 3 N–H and O–H groups in total. The molecule has 0 bridgehead atoms. The summed E-state index contributed by atoms with van der Waals surface area (Å²) in [5.41, 5.74) is 0.159. The number of aliphatic carboxylic acids is 1. The van der Waals surface area contributed by atoms with E-state index in [0.29, 0.717) is 12.4 Å². The summed E-state index contributed by atoms with van der Waals surface area (Å²) in [6.07, 6.45) is 1.28. The van der Waals surface area contributed by atoms with Crippen molar-refractivity contribution in [3.8, 4) is 5.75 Å². The van der Waals surface area contributed by atoms with E-state index in [1.807, 2.05) is 6.92 Å². The number of amides is 1. The number of carbonyl (C=O) groups is 2. The van der Waals surface area contributed by atoms with E-state index in [9.17, 15) is 18.0 Å². The molecule has 0 aliphatic rings. The van der Waals surface area contributed by atoms with Crippen molar-refractivity contribution in [3.63, 3.8) is 0 Å². The summed E-state index contributed by atoms with van der Waals surface area (Å²) in [4.78, 5) is 23.4. The quantitative estimate of drug-likeness (QED) is 0.424. The molecule has 1 aromatic carbocycles. The molecule has 9 heteroatoms. The van der Waals surface area contributed by atoms with E-state index >= 15 is 0 Å². The first-order chi connectivity index (χ1) is 11.2. The van der Waals surface area contributed by atoms with Crippen molar-refractivity contribution < 1.29 is 32.4 Å². The van der Waals surface area contributed by atoms with Crippen LogP contribution in [0, 0.1) is 0 Å². The zero-order valence-electron chi connectivity index (χ0n) is 13.3. The van der Waals surface area contributed by atoms with E-state index < -0.39 is 40.2 Å². The lowest BCUT2D eigenvalue weighted by Crippen LogP contribution is -2.42. The fourth-order valence-electron chi connectivity index (χ4n) is 1.87. The van der Waals surface area contributed by atoms with Gasteiger partial charge in [-0.25, -0.2) is 4.79 Å². The van der Waals surface area contributed by atoms with Gasteiger partial charge in [0.05, 0.1) is 17.9 Å². The molecular formula is C15H21NO7S. The van der Waals surface area contributed by atoms with Crippen molar-refractivity contribution in [2.24, 2.45) is 0 Å². The van der Waals surface area contributed by atoms with Crippen molar-refractivity contribution in [2.75, 3.05) is 12.4 Å². The summed E-state index contributed by atoms with van der Waals surface area (Å²) in [7, 11) is -4.32. The number of carboxylic acid groups (broad SMARTS) is 1. The van der Waals surface area contributed by atoms with E-state index in [1.54, 1.807) is 18.2 Å². The lowest BCUT2D eigenvalue weighted by Gasteiger charge is -2.16. The maximum Gasteiger partial charge on any atom is 0.326 e. The molecule has 8 nitrogen and oxygen atoms in total. The molecule has 0 unspecified atom stereocenters. The topological polar surface area (TPSA) is 130 Å². The normalized spacial score (nSPS) is 12.4. The smallest absolute Gasteiger partial charge is 0.326 e. The van der Waals surface area contributed by atoms with Gasteiger partial charge in [0.25, 0.3) is 16.0 Å². The minimum absolute atomic E-state index is 0.159. The number of rotatable bonds is 10. The molecule has 1 rings (SSSR count). The zero-order chi connectivity index (χ0) is 18.2. The molecule has 0 aromatic heterocycles. The van der Waals surface area contributed by atoms with Crippen molar-refractivity contribution in [1.29, 1.82) is 0 Å². The summed E-state index contributed by atoms with van der Waals surface area (Å²) < 4.78 is 35.7. The molecule has 0 heterocycles. The van der Waals surface area contributed by atoms with Gasteiger partial charge in [0.15, 0.2) is 0 Å². The molecule has 1 atom stereocenters. The Bertz CT molecular complexity index is 672. The van der Waals surface area contributed by atoms with Gasteiger partial charge in [0.2, 0.25) is 0 Å². The molecular weight excluding hydrogens is 338 g/mol. The predicted molar refractivity (Wildman–Crippen MR) is 86.8 cm³/mol. The van der Waals surface area contributed by atoms with Crippen LogP contribution in [0.25, 0.3) is 0 Å². The van der Waals surface area contributed by atoms with E-state index in [4.69, 9.17) is 14.4 Å². The maximum absolute atomic E-state index is 12.3. The van der Waals surface area contributed by atoms with E-state index in [1.165, 1.54) is 6.07 Å². The largest absolute Gasteiger partial charge is 0.493 e. The molecule has 0 aliphatic carbocycles. The van der Waals surface area contributed by atoms with Crippen molar-refractivity contribution >= 4 is 22.0 Å². The highest BCUT2D eigenvalue weighted by Gasteiger charge is 2.24. The Balaban J connectivity index is 2.82. The number of nitrogens with one attached hydrogen (secondary N) is 1. The lowest BCUT2D eigenvalue weighted by molar-refractivity contribution is -0.139. The van der Waals surface area contributed by atoms with Gasteiger partial charge in [-0.2, -0.15) is 8.42 Å². The first kappa shape index (κ1) is 19.9. The molecule has 134 valence electrons. The standard InChI is InChI=1S/C15H21NO7S/c1-2-3-9-23-13-7-5-4-6-11(13)14(17)16-12(15(18)19)8-10-24(20,21)22/h4-7,12H,2-3,8-10H2,1H3,(H,16,17)(H,18,19)(H,20,21,22)/t12-/m0/s1. The van der Waals surface area contributed by atoms with Crippen LogP contribution < -0.4 is 10.1 Å². The highest BCUT2D eigenvalue weighted by Crippen LogP contribution is 2.18. The summed E-state index contributed by atoms with van der Waals surface area (Å²) in [6.45, 7) is 2.42. The SMILES string of the molecule is CCCCOc1ccccc1C(=O)N[C@@H](CCS(=O)(=O)O)C(=O)O. The van der Waals surface area contributed by atoms with E-state index in [-0.39, 0.29) is 5.56 Å². The Kier molecular flexibility index (Phi) is 7.66. The van der Waals surface area contributed by atoms with Gasteiger partial charge in [-0.15, -0.1) is 0 Å². The van der Waals surface area contributed by atoms with Crippen LogP contribution >= 0.6 is 0 Å². The highest BCUT2D eigenvalue weighted by atomic mass is 32.2. The van der Waals surface area contributed by atoms with Crippen molar-refractivity contribution in [1.82, 2.24) is 5.32 Å². The number of carbonyl (C=O) groups excluding carboxylic acids is 1. The Morgan fingerprint density at radius 3 is 2.54 bits per heavy atom. The van der Waals surface area contributed by atoms with Crippen LogP contribution in [0.3, 0.4) is 0 Å². The molecule has 0 aliphatic heterocycles. The minimum Gasteiger partial charge on any atom is -0.493 e. The molecule has 0 spiro atoms. The van der Waals surface area contributed by atoms with Crippen LogP contribution in [0.5, 0.6) is 5.75 Å². The summed E-state index contributed by atoms with van der Waals surface area (Å²) >= 11 is 0. The van der Waals surface area contributed by atoms with Crippen LogP contribution in [0.4, 0.5) is 0 Å². The zero-order valence-corrected chi connectivity index (χ0v) is 14.1. The van der Waals surface area contributed by atoms with Gasteiger partial charge in [-0.3, -0.25) is 9.35 Å². The second kappa shape index (κ2) is 9.24. The Hall–Kier alpha value is -2.13. The molecule has 0 radical (unpaired) electrons.